The molecular weight excluding hydrogens is 288 g/mol. The van der Waals surface area contributed by atoms with Gasteiger partial charge in [-0.15, -0.1) is 0 Å². The van der Waals surface area contributed by atoms with Crippen molar-refractivity contribution in [2.45, 2.75) is 33.2 Å². The number of aromatic nitrogens is 3. The van der Waals surface area contributed by atoms with Gasteiger partial charge in [0.25, 0.3) is 0 Å². The van der Waals surface area contributed by atoms with Crippen molar-refractivity contribution in [3.8, 4) is 0 Å². The summed E-state index contributed by atoms with van der Waals surface area (Å²) in [5, 5.41) is 17.5. The van der Waals surface area contributed by atoms with E-state index in [1.807, 2.05) is 49.6 Å². The van der Waals surface area contributed by atoms with Gasteiger partial charge in [0, 0.05) is 23.9 Å². The van der Waals surface area contributed by atoms with Crippen molar-refractivity contribution in [3.05, 3.63) is 58.9 Å². The summed E-state index contributed by atoms with van der Waals surface area (Å²) in [5.41, 5.74) is 5.03. The van der Waals surface area contributed by atoms with Crippen LogP contribution in [0.1, 0.15) is 35.0 Å². The van der Waals surface area contributed by atoms with Crippen molar-refractivity contribution in [2.24, 2.45) is 0 Å². The minimum Gasteiger partial charge on any atom is -0.396 e. The van der Waals surface area contributed by atoms with Gasteiger partial charge in [0.05, 0.1) is 11.7 Å². The first-order valence-corrected chi connectivity index (χ1v) is 7.86. The Morgan fingerprint density at radius 3 is 2.61 bits per heavy atom. The molecule has 2 aromatic heterocycles. The average Bonchev–Trinajstić information content (AvgIpc) is 2.83. The van der Waals surface area contributed by atoms with E-state index in [1.54, 1.807) is 0 Å². The largest absolute Gasteiger partial charge is 0.396 e. The number of aliphatic hydroxyl groups excluding tert-OH is 1. The van der Waals surface area contributed by atoms with Gasteiger partial charge in [-0.1, -0.05) is 30.3 Å². The Morgan fingerprint density at radius 2 is 1.91 bits per heavy atom. The number of fused-ring (bicyclic) bond motifs is 1. The molecule has 0 amide bonds. The fraction of sp³-hybridized carbons (Fsp3) is 0.333. The summed E-state index contributed by atoms with van der Waals surface area (Å²) in [7, 11) is 0. The predicted octanol–water partition coefficient (Wildman–Crippen LogP) is 3.19. The molecule has 1 atom stereocenters. The first kappa shape index (κ1) is 15.5. The van der Waals surface area contributed by atoms with Gasteiger partial charge >= 0.3 is 0 Å². The third-order valence-corrected chi connectivity index (χ3v) is 4.13. The molecule has 0 bridgehead atoms. The van der Waals surface area contributed by atoms with Crippen LogP contribution in [0.15, 0.2) is 36.4 Å². The number of aryl methyl sites for hydroxylation is 3. The molecular formula is C18H22N4O. The molecule has 0 aliphatic rings. The molecule has 0 saturated carbocycles. The van der Waals surface area contributed by atoms with Gasteiger partial charge in [-0.05, 0) is 32.8 Å². The van der Waals surface area contributed by atoms with E-state index in [1.165, 1.54) is 0 Å². The zero-order valence-corrected chi connectivity index (χ0v) is 13.7. The minimum absolute atomic E-state index is 0.0241. The summed E-state index contributed by atoms with van der Waals surface area (Å²) in [6.45, 7) is 6.13. The summed E-state index contributed by atoms with van der Waals surface area (Å²) in [6.07, 6.45) is 0.631. The van der Waals surface area contributed by atoms with Crippen molar-refractivity contribution >= 4 is 11.5 Å². The van der Waals surface area contributed by atoms with Crippen LogP contribution >= 0.6 is 0 Å². The fourth-order valence-electron chi connectivity index (χ4n) is 2.77. The van der Waals surface area contributed by atoms with Gasteiger partial charge in [0.15, 0.2) is 5.65 Å². The molecule has 0 unspecified atom stereocenters. The summed E-state index contributed by atoms with van der Waals surface area (Å²) in [6, 6.07) is 12.2. The number of aliphatic hydroxyl groups is 1. The van der Waals surface area contributed by atoms with Crippen molar-refractivity contribution in [2.75, 3.05) is 11.9 Å². The highest BCUT2D eigenvalue weighted by molar-refractivity contribution is 5.56. The van der Waals surface area contributed by atoms with E-state index in [-0.39, 0.29) is 12.6 Å². The topological polar surface area (TPSA) is 62.5 Å². The Labute approximate surface area is 136 Å². The number of hydrogen-bond acceptors (Lipinski definition) is 4. The number of anilines is 1. The third-order valence-electron chi connectivity index (χ3n) is 4.13. The molecule has 0 aliphatic carbocycles. The van der Waals surface area contributed by atoms with E-state index in [4.69, 9.17) is 0 Å². The summed E-state index contributed by atoms with van der Waals surface area (Å²) < 4.78 is 1.85. The van der Waals surface area contributed by atoms with Gasteiger partial charge < -0.3 is 10.4 Å². The van der Waals surface area contributed by atoms with Crippen LogP contribution in [0.4, 0.5) is 5.82 Å². The number of rotatable bonds is 5. The molecule has 23 heavy (non-hydrogen) atoms. The van der Waals surface area contributed by atoms with E-state index in [9.17, 15) is 5.11 Å². The van der Waals surface area contributed by atoms with Crippen molar-refractivity contribution in [1.29, 1.82) is 0 Å². The van der Waals surface area contributed by atoms with E-state index in [2.05, 4.69) is 27.5 Å². The number of nitrogens with zero attached hydrogens (tertiary/aromatic N) is 3. The highest BCUT2D eigenvalue weighted by Gasteiger charge is 2.15. The van der Waals surface area contributed by atoms with Gasteiger partial charge in [-0.3, -0.25) is 0 Å². The van der Waals surface area contributed by atoms with Crippen LogP contribution in [-0.2, 0) is 0 Å². The van der Waals surface area contributed by atoms with Gasteiger partial charge in [-0.25, -0.2) is 4.98 Å². The van der Waals surface area contributed by atoms with Crippen LogP contribution in [0.5, 0.6) is 0 Å². The maximum absolute atomic E-state index is 9.42. The Balaban J connectivity index is 2.03. The Bertz CT molecular complexity index is 811. The summed E-state index contributed by atoms with van der Waals surface area (Å²) in [4.78, 5) is 4.59. The molecule has 3 aromatic rings. The SMILES string of the molecule is Cc1cc(N[C@@H](CCO)c2ccccc2)n2nc(C)c(C)c2n1. The maximum atomic E-state index is 9.42. The van der Waals surface area contributed by atoms with Crippen LogP contribution in [0.25, 0.3) is 5.65 Å². The first-order valence-electron chi connectivity index (χ1n) is 7.86. The second-order valence-corrected chi connectivity index (χ2v) is 5.85. The van der Waals surface area contributed by atoms with Gasteiger partial charge in [-0.2, -0.15) is 9.61 Å². The Morgan fingerprint density at radius 1 is 1.17 bits per heavy atom. The lowest BCUT2D eigenvalue weighted by Crippen LogP contribution is -2.15. The van der Waals surface area contributed by atoms with Crippen LogP contribution in [-0.4, -0.2) is 26.3 Å². The lowest BCUT2D eigenvalue weighted by Gasteiger charge is -2.20. The molecule has 0 radical (unpaired) electrons. The van der Waals surface area contributed by atoms with Crippen LogP contribution in [0, 0.1) is 20.8 Å². The Kier molecular flexibility index (Phi) is 4.30. The molecule has 2 N–H and O–H groups in total. The summed E-state index contributed by atoms with van der Waals surface area (Å²) in [5.74, 6) is 0.894. The van der Waals surface area contributed by atoms with E-state index in [0.717, 1.165) is 34.0 Å². The smallest absolute Gasteiger partial charge is 0.160 e. The van der Waals surface area contributed by atoms with Crippen LogP contribution in [0.3, 0.4) is 0 Å². The first-order chi connectivity index (χ1) is 11.1. The number of nitrogens with one attached hydrogen (secondary N) is 1. The average molecular weight is 310 g/mol. The fourth-order valence-corrected chi connectivity index (χ4v) is 2.77. The van der Waals surface area contributed by atoms with E-state index in [0.29, 0.717) is 6.42 Å². The molecule has 0 spiro atoms. The molecule has 5 heteroatoms. The zero-order valence-electron chi connectivity index (χ0n) is 13.7. The van der Waals surface area contributed by atoms with Crippen molar-refractivity contribution < 1.29 is 5.11 Å². The number of hydrogen-bond donors (Lipinski definition) is 2. The predicted molar refractivity (Wildman–Crippen MR) is 91.7 cm³/mol. The van der Waals surface area contributed by atoms with E-state index < -0.39 is 0 Å². The molecule has 0 aliphatic heterocycles. The monoisotopic (exact) mass is 310 g/mol. The van der Waals surface area contributed by atoms with Crippen molar-refractivity contribution in [3.63, 3.8) is 0 Å². The highest BCUT2D eigenvalue weighted by atomic mass is 16.3. The standard InChI is InChI=1S/C18H22N4O/c1-12-11-17(22-18(19-12)13(2)14(3)21-22)20-16(9-10-23)15-7-5-4-6-8-15/h4-8,11,16,20,23H,9-10H2,1-3H3/t16-/m0/s1. The van der Waals surface area contributed by atoms with Crippen molar-refractivity contribution in [1.82, 2.24) is 14.6 Å². The van der Waals surface area contributed by atoms with Gasteiger partial charge in [0.1, 0.15) is 5.82 Å². The van der Waals surface area contributed by atoms with Gasteiger partial charge in [0.2, 0.25) is 0 Å². The summed E-state index contributed by atoms with van der Waals surface area (Å²) >= 11 is 0. The highest BCUT2D eigenvalue weighted by Crippen LogP contribution is 2.24. The number of benzene rings is 1. The third kappa shape index (κ3) is 3.05. The lowest BCUT2D eigenvalue weighted by atomic mass is 10.0. The quantitative estimate of drug-likeness (QED) is 0.760. The molecule has 0 fully saturated rings. The molecule has 0 saturated heterocycles. The Hall–Kier alpha value is -2.40. The second kappa shape index (κ2) is 6.38. The molecule has 2 heterocycles. The second-order valence-electron chi connectivity index (χ2n) is 5.85. The molecule has 5 nitrogen and oxygen atoms in total. The lowest BCUT2D eigenvalue weighted by molar-refractivity contribution is 0.280. The maximum Gasteiger partial charge on any atom is 0.160 e. The molecule has 120 valence electrons. The van der Waals surface area contributed by atoms with Crippen LogP contribution in [0.2, 0.25) is 0 Å². The molecule has 3 rings (SSSR count). The van der Waals surface area contributed by atoms with Crippen LogP contribution < -0.4 is 5.32 Å². The zero-order chi connectivity index (χ0) is 16.4. The molecule has 1 aromatic carbocycles. The van der Waals surface area contributed by atoms with E-state index >= 15 is 0 Å². The minimum atomic E-state index is 0.0241. The normalized spacial score (nSPS) is 12.5.